The minimum atomic E-state index is 0.288. The Morgan fingerprint density at radius 2 is 2.05 bits per heavy atom. The third-order valence-corrected chi connectivity index (χ3v) is 2.81. The van der Waals surface area contributed by atoms with Gasteiger partial charge in [-0.25, -0.2) is 4.68 Å². The number of methoxy groups -OCH3 is 1. The van der Waals surface area contributed by atoms with Crippen LogP contribution in [0.1, 0.15) is 32.0 Å². The number of nitrogens with two attached hydrogens (primary N) is 1. The molecule has 0 unspecified atom stereocenters. The zero-order chi connectivity index (χ0) is 14.3. The van der Waals surface area contributed by atoms with Gasteiger partial charge in [0.1, 0.15) is 5.82 Å². The lowest BCUT2D eigenvalue weighted by Gasteiger charge is -2.13. The average molecular weight is 270 g/mol. The third kappa shape index (κ3) is 4.72. The van der Waals surface area contributed by atoms with Gasteiger partial charge in [0.2, 0.25) is 0 Å². The summed E-state index contributed by atoms with van der Waals surface area (Å²) in [5.74, 6) is 0.907. The van der Waals surface area contributed by atoms with Gasteiger partial charge in [-0.1, -0.05) is 0 Å². The highest BCUT2D eigenvalue weighted by Gasteiger charge is 2.13. The van der Waals surface area contributed by atoms with Crippen molar-refractivity contribution in [3.05, 3.63) is 5.69 Å². The third-order valence-electron chi connectivity index (χ3n) is 2.81. The molecule has 0 saturated heterocycles. The molecule has 3 N–H and O–H groups in total. The summed E-state index contributed by atoms with van der Waals surface area (Å²) in [5, 5.41) is 7.77. The summed E-state index contributed by atoms with van der Waals surface area (Å²) in [5.41, 5.74) is 7.63. The lowest BCUT2D eigenvalue weighted by Crippen LogP contribution is -2.13. The molecule has 0 aliphatic carbocycles. The van der Waals surface area contributed by atoms with E-state index in [2.05, 4.69) is 24.3 Å². The van der Waals surface area contributed by atoms with Gasteiger partial charge < -0.3 is 20.5 Å². The van der Waals surface area contributed by atoms with Crippen molar-refractivity contribution in [2.45, 2.75) is 33.2 Å². The molecule has 0 aromatic carbocycles. The molecule has 6 nitrogen and oxygen atoms in total. The number of rotatable bonds is 9. The summed E-state index contributed by atoms with van der Waals surface area (Å²) >= 11 is 0. The molecular formula is C13H26N4O2. The van der Waals surface area contributed by atoms with E-state index in [0.717, 1.165) is 30.2 Å². The van der Waals surface area contributed by atoms with E-state index in [1.54, 1.807) is 7.11 Å². The highest BCUT2D eigenvalue weighted by molar-refractivity contribution is 5.64. The van der Waals surface area contributed by atoms with Gasteiger partial charge in [-0.05, 0) is 27.2 Å². The van der Waals surface area contributed by atoms with Gasteiger partial charge in [-0.2, -0.15) is 5.10 Å². The highest BCUT2D eigenvalue weighted by Crippen LogP contribution is 2.25. The van der Waals surface area contributed by atoms with Crippen LogP contribution in [-0.4, -0.2) is 43.3 Å². The first-order valence-corrected chi connectivity index (χ1v) is 6.73. The van der Waals surface area contributed by atoms with Gasteiger partial charge in [0, 0.05) is 26.3 Å². The Kier molecular flexibility index (Phi) is 6.66. The van der Waals surface area contributed by atoms with E-state index in [-0.39, 0.29) is 6.04 Å². The summed E-state index contributed by atoms with van der Waals surface area (Å²) in [7, 11) is 1.67. The molecule has 110 valence electrons. The predicted molar refractivity (Wildman–Crippen MR) is 77.6 cm³/mol. The minimum Gasteiger partial charge on any atom is -0.394 e. The summed E-state index contributed by atoms with van der Waals surface area (Å²) in [6.07, 6.45) is 0.922. The molecular weight excluding hydrogens is 244 g/mol. The molecule has 0 aliphatic heterocycles. The molecule has 0 spiro atoms. The molecule has 1 aromatic heterocycles. The lowest BCUT2D eigenvalue weighted by molar-refractivity contribution is 0.0705. The zero-order valence-corrected chi connectivity index (χ0v) is 12.4. The summed E-state index contributed by atoms with van der Waals surface area (Å²) in [6, 6.07) is 0.288. The van der Waals surface area contributed by atoms with Crippen LogP contribution in [0.4, 0.5) is 11.5 Å². The van der Waals surface area contributed by atoms with Crippen LogP contribution < -0.4 is 11.1 Å². The van der Waals surface area contributed by atoms with E-state index in [9.17, 15) is 0 Å². The zero-order valence-electron chi connectivity index (χ0n) is 12.4. The Balaban J connectivity index is 2.36. The molecule has 0 atom stereocenters. The van der Waals surface area contributed by atoms with Gasteiger partial charge in [0.05, 0.1) is 24.6 Å². The maximum atomic E-state index is 6.03. The van der Waals surface area contributed by atoms with Gasteiger partial charge in [-0.3, -0.25) is 0 Å². The Hall–Kier alpha value is -1.27. The molecule has 0 radical (unpaired) electrons. The number of nitrogens with one attached hydrogen (secondary N) is 1. The molecule has 1 rings (SSSR count). The number of nitrogens with zero attached hydrogens (tertiary/aromatic N) is 2. The second-order valence-corrected chi connectivity index (χ2v) is 4.77. The Morgan fingerprint density at radius 1 is 1.32 bits per heavy atom. The molecule has 0 fully saturated rings. The van der Waals surface area contributed by atoms with Crippen molar-refractivity contribution in [2.24, 2.45) is 0 Å². The lowest BCUT2D eigenvalue weighted by atomic mass is 10.3. The predicted octanol–water partition coefficient (Wildman–Crippen LogP) is 1.82. The number of ether oxygens (including phenoxy) is 2. The van der Waals surface area contributed by atoms with E-state index < -0.39 is 0 Å². The first kappa shape index (κ1) is 15.8. The van der Waals surface area contributed by atoms with E-state index in [1.807, 2.05) is 11.6 Å². The fourth-order valence-electron chi connectivity index (χ4n) is 1.74. The van der Waals surface area contributed by atoms with Crippen LogP contribution in [-0.2, 0) is 9.47 Å². The topological polar surface area (TPSA) is 74.3 Å². The van der Waals surface area contributed by atoms with Crippen LogP contribution >= 0.6 is 0 Å². The summed E-state index contributed by atoms with van der Waals surface area (Å²) < 4.78 is 12.2. The first-order valence-electron chi connectivity index (χ1n) is 6.73. The van der Waals surface area contributed by atoms with Gasteiger partial charge in [-0.15, -0.1) is 0 Å². The number of hydrogen-bond donors (Lipinski definition) is 2. The molecule has 19 heavy (non-hydrogen) atoms. The standard InChI is InChI=1S/C13H26N4O2/c1-10(2)17-13(12(14)11(3)16-17)15-6-5-7-19-9-8-18-4/h10,15H,5-9,14H2,1-4H3. The molecule has 0 saturated carbocycles. The molecule has 0 amide bonds. The van der Waals surface area contributed by atoms with Gasteiger partial charge in [0.25, 0.3) is 0 Å². The Labute approximate surface area is 115 Å². The van der Waals surface area contributed by atoms with Gasteiger partial charge >= 0.3 is 0 Å². The van der Waals surface area contributed by atoms with Crippen LogP contribution in [0, 0.1) is 6.92 Å². The van der Waals surface area contributed by atoms with Crippen molar-refractivity contribution in [3.63, 3.8) is 0 Å². The monoisotopic (exact) mass is 270 g/mol. The number of nitrogen functional groups attached to an aromatic ring is 1. The molecule has 6 heteroatoms. The number of aryl methyl sites for hydroxylation is 1. The van der Waals surface area contributed by atoms with Crippen LogP contribution in [0.5, 0.6) is 0 Å². The van der Waals surface area contributed by atoms with E-state index in [0.29, 0.717) is 19.8 Å². The second kappa shape index (κ2) is 8.01. The maximum absolute atomic E-state index is 6.03. The Bertz CT molecular complexity index is 377. The van der Waals surface area contributed by atoms with Gasteiger partial charge in [0.15, 0.2) is 0 Å². The van der Waals surface area contributed by atoms with Crippen LogP contribution in [0.25, 0.3) is 0 Å². The van der Waals surface area contributed by atoms with Crippen molar-refractivity contribution in [1.82, 2.24) is 9.78 Å². The van der Waals surface area contributed by atoms with Crippen molar-refractivity contribution in [3.8, 4) is 0 Å². The maximum Gasteiger partial charge on any atom is 0.148 e. The fourth-order valence-corrected chi connectivity index (χ4v) is 1.74. The fraction of sp³-hybridized carbons (Fsp3) is 0.769. The largest absolute Gasteiger partial charge is 0.394 e. The summed E-state index contributed by atoms with van der Waals surface area (Å²) in [4.78, 5) is 0. The SMILES string of the molecule is COCCOCCCNc1c(N)c(C)nn1C(C)C. The first-order chi connectivity index (χ1) is 9.07. The molecule has 1 aromatic rings. The highest BCUT2D eigenvalue weighted by atomic mass is 16.5. The van der Waals surface area contributed by atoms with Crippen LogP contribution in [0.2, 0.25) is 0 Å². The van der Waals surface area contributed by atoms with E-state index >= 15 is 0 Å². The van der Waals surface area contributed by atoms with Crippen molar-refractivity contribution in [2.75, 3.05) is 44.5 Å². The van der Waals surface area contributed by atoms with Crippen LogP contribution in [0.15, 0.2) is 0 Å². The van der Waals surface area contributed by atoms with Crippen molar-refractivity contribution < 1.29 is 9.47 Å². The van der Waals surface area contributed by atoms with Crippen LogP contribution in [0.3, 0.4) is 0 Å². The smallest absolute Gasteiger partial charge is 0.148 e. The summed E-state index contributed by atoms with van der Waals surface area (Å²) in [6.45, 7) is 8.91. The van der Waals surface area contributed by atoms with E-state index in [4.69, 9.17) is 15.2 Å². The normalized spacial score (nSPS) is 11.2. The average Bonchev–Trinajstić information content (AvgIpc) is 2.66. The second-order valence-electron chi connectivity index (χ2n) is 4.77. The number of hydrogen-bond acceptors (Lipinski definition) is 5. The number of aromatic nitrogens is 2. The molecule has 0 bridgehead atoms. The molecule has 1 heterocycles. The quantitative estimate of drug-likeness (QED) is 0.670. The van der Waals surface area contributed by atoms with Crippen molar-refractivity contribution in [1.29, 1.82) is 0 Å². The molecule has 0 aliphatic rings. The van der Waals surface area contributed by atoms with E-state index in [1.165, 1.54) is 0 Å². The number of anilines is 2. The Morgan fingerprint density at radius 3 is 2.68 bits per heavy atom. The minimum absolute atomic E-state index is 0.288. The van der Waals surface area contributed by atoms with Crippen molar-refractivity contribution >= 4 is 11.5 Å².